The van der Waals surface area contributed by atoms with Crippen molar-refractivity contribution < 1.29 is 5.11 Å². The summed E-state index contributed by atoms with van der Waals surface area (Å²) < 4.78 is 0. The number of hydrogen-bond acceptors (Lipinski definition) is 2. The fourth-order valence-corrected chi connectivity index (χ4v) is 1.89. The van der Waals surface area contributed by atoms with Crippen LogP contribution in [0.3, 0.4) is 0 Å². The average Bonchev–Trinajstić information content (AvgIpc) is 2.03. The van der Waals surface area contributed by atoms with Crippen LogP contribution in [0.5, 0.6) is 0 Å². The van der Waals surface area contributed by atoms with Gasteiger partial charge in [-0.25, -0.2) is 0 Å². The molecule has 86 valence electrons. The van der Waals surface area contributed by atoms with Crippen LogP contribution in [-0.4, -0.2) is 36.2 Å². The molecule has 0 spiro atoms. The van der Waals surface area contributed by atoms with Crippen molar-refractivity contribution in [1.82, 2.24) is 4.90 Å². The van der Waals surface area contributed by atoms with Gasteiger partial charge in [0.15, 0.2) is 0 Å². The van der Waals surface area contributed by atoms with Gasteiger partial charge in [0.2, 0.25) is 0 Å². The van der Waals surface area contributed by atoms with Gasteiger partial charge in [-0.2, -0.15) is 0 Å². The Morgan fingerprint density at radius 3 is 1.93 bits per heavy atom. The maximum atomic E-state index is 8.96. The molecule has 14 heavy (non-hydrogen) atoms. The molecule has 0 atom stereocenters. The minimum Gasteiger partial charge on any atom is -0.396 e. The monoisotopic (exact) mass is 201 g/mol. The number of rotatable bonds is 8. The van der Waals surface area contributed by atoms with E-state index in [1.54, 1.807) is 0 Å². The molecule has 0 amide bonds. The van der Waals surface area contributed by atoms with Crippen LogP contribution in [0.2, 0.25) is 0 Å². The lowest BCUT2D eigenvalue weighted by Gasteiger charge is -2.32. The molecule has 0 aromatic rings. The van der Waals surface area contributed by atoms with E-state index in [9.17, 15) is 0 Å². The van der Waals surface area contributed by atoms with Gasteiger partial charge in [0.1, 0.15) is 0 Å². The maximum absolute atomic E-state index is 8.96. The molecule has 0 rings (SSSR count). The zero-order valence-electron chi connectivity index (χ0n) is 10.3. The molecular weight excluding hydrogens is 174 g/mol. The van der Waals surface area contributed by atoms with Gasteiger partial charge < -0.3 is 10.0 Å². The van der Waals surface area contributed by atoms with E-state index in [4.69, 9.17) is 5.11 Å². The van der Waals surface area contributed by atoms with Crippen molar-refractivity contribution in [3.05, 3.63) is 0 Å². The fourth-order valence-electron chi connectivity index (χ4n) is 1.89. The van der Waals surface area contributed by atoms with E-state index in [-0.39, 0.29) is 5.41 Å². The Bertz CT molecular complexity index is 128. The largest absolute Gasteiger partial charge is 0.396 e. The van der Waals surface area contributed by atoms with Crippen molar-refractivity contribution in [2.24, 2.45) is 5.41 Å². The van der Waals surface area contributed by atoms with Gasteiger partial charge in [-0.3, -0.25) is 0 Å². The minimum atomic E-state index is 0.249. The van der Waals surface area contributed by atoms with Crippen molar-refractivity contribution >= 4 is 0 Å². The smallest absolute Gasteiger partial charge is 0.0436 e. The predicted octanol–water partition coefficient (Wildman–Crippen LogP) is 2.52. The molecule has 0 radical (unpaired) electrons. The van der Waals surface area contributed by atoms with Crippen LogP contribution in [0, 0.1) is 5.41 Å². The lowest BCUT2D eigenvalue weighted by atomic mass is 9.89. The molecular formula is C12H27NO. The molecule has 1 N–H and O–H groups in total. The Kier molecular flexibility index (Phi) is 7.20. The van der Waals surface area contributed by atoms with E-state index in [2.05, 4.69) is 32.6 Å². The summed E-state index contributed by atoms with van der Waals surface area (Å²) >= 11 is 0. The molecule has 0 aliphatic rings. The van der Waals surface area contributed by atoms with Crippen LogP contribution in [0.25, 0.3) is 0 Å². The number of aliphatic hydroxyl groups is 1. The standard InChI is InChI=1S/C12H27NO/c1-5-8-13(9-6-2)11-12(3,4)7-10-14/h14H,5-11H2,1-4H3. The third-order valence-electron chi connectivity index (χ3n) is 2.52. The first-order valence-corrected chi connectivity index (χ1v) is 5.89. The van der Waals surface area contributed by atoms with E-state index in [0.29, 0.717) is 6.61 Å². The van der Waals surface area contributed by atoms with Gasteiger partial charge in [-0.1, -0.05) is 27.7 Å². The highest BCUT2D eigenvalue weighted by molar-refractivity contribution is 4.73. The van der Waals surface area contributed by atoms with Crippen LogP contribution in [0.15, 0.2) is 0 Å². The summed E-state index contributed by atoms with van der Waals surface area (Å²) in [5.41, 5.74) is 0.249. The first kappa shape index (κ1) is 13.9. The first-order chi connectivity index (χ1) is 6.55. The zero-order chi connectivity index (χ0) is 11.0. The molecule has 0 aliphatic carbocycles. The van der Waals surface area contributed by atoms with Crippen LogP contribution in [-0.2, 0) is 0 Å². The van der Waals surface area contributed by atoms with E-state index >= 15 is 0 Å². The Hall–Kier alpha value is -0.0800. The number of nitrogens with zero attached hydrogens (tertiary/aromatic N) is 1. The third-order valence-corrected chi connectivity index (χ3v) is 2.52. The Balaban J connectivity index is 3.98. The topological polar surface area (TPSA) is 23.5 Å². The summed E-state index contributed by atoms with van der Waals surface area (Å²) in [5.74, 6) is 0. The molecule has 0 unspecified atom stereocenters. The third kappa shape index (κ3) is 6.39. The van der Waals surface area contributed by atoms with E-state index < -0.39 is 0 Å². The molecule has 0 heterocycles. The van der Waals surface area contributed by atoms with Crippen molar-refractivity contribution in [2.45, 2.75) is 47.0 Å². The summed E-state index contributed by atoms with van der Waals surface area (Å²) in [6, 6.07) is 0. The lowest BCUT2D eigenvalue weighted by Crippen LogP contribution is -2.36. The van der Waals surface area contributed by atoms with E-state index in [0.717, 1.165) is 13.0 Å². The summed E-state index contributed by atoms with van der Waals surface area (Å²) in [6.07, 6.45) is 3.33. The van der Waals surface area contributed by atoms with Crippen molar-refractivity contribution in [2.75, 3.05) is 26.2 Å². The number of aliphatic hydroxyl groups excluding tert-OH is 1. The van der Waals surface area contributed by atoms with Gasteiger partial charge in [-0.15, -0.1) is 0 Å². The van der Waals surface area contributed by atoms with Crippen LogP contribution < -0.4 is 0 Å². The zero-order valence-corrected chi connectivity index (χ0v) is 10.3. The van der Waals surface area contributed by atoms with Crippen molar-refractivity contribution in [1.29, 1.82) is 0 Å². The van der Waals surface area contributed by atoms with Crippen LogP contribution in [0.1, 0.15) is 47.0 Å². The Morgan fingerprint density at radius 2 is 1.57 bits per heavy atom. The molecule has 0 bridgehead atoms. The molecule has 0 saturated heterocycles. The van der Waals surface area contributed by atoms with Crippen LogP contribution in [0.4, 0.5) is 0 Å². The van der Waals surface area contributed by atoms with Gasteiger partial charge in [0.25, 0.3) is 0 Å². The van der Waals surface area contributed by atoms with Gasteiger partial charge >= 0.3 is 0 Å². The second-order valence-electron chi connectivity index (χ2n) is 4.91. The van der Waals surface area contributed by atoms with E-state index in [1.807, 2.05) is 0 Å². The Morgan fingerprint density at radius 1 is 1.07 bits per heavy atom. The SMILES string of the molecule is CCCN(CCC)CC(C)(C)CCO. The number of hydrogen-bond donors (Lipinski definition) is 1. The molecule has 0 aliphatic heterocycles. The van der Waals surface area contributed by atoms with Crippen molar-refractivity contribution in [3.8, 4) is 0 Å². The predicted molar refractivity (Wildman–Crippen MR) is 62.5 cm³/mol. The summed E-state index contributed by atoms with van der Waals surface area (Å²) in [7, 11) is 0. The molecule has 0 aromatic heterocycles. The molecule has 2 heteroatoms. The van der Waals surface area contributed by atoms with Crippen LogP contribution >= 0.6 is 0 Å². The minimum absolute atomic E-state index is 0.249. The summed E-state index contributed by atoms with van der Waals surface area (Å²) in [5, 5.41) is 8.96. The highest BCUT2D eigenvalue weighted by Gasteiger charge is 2.20. The maximum Gasteiger partial charge on any atom is 0.0436 e. The summed E-state index contributed by atoms with van der Waals surface area (Å²) in [4.78, 5) is 2.51. The average molecular weight is 201 g/mol. The molecule has 0 saturated carbocycles. The van der Waals surface area contributed by atoms with Gasteiger partial charge in [0, 0.05) is 13.2 Å². The second kappa shape index (κ2) is 7.24. The summed E-state index contributed by atoms with van der Waals surface area (Å²) in [6.45, 7) is 12.7. The molecule has 2 nitrogen and oxygen atoms in total. The normalized spacial score (nSPS) is 12.4. The van der Waals surface area contributed by atoms with Gasteiger partial charge in [0.05, 0.1) is 0 Å². The fraction of sp³-hybridized carbons (Fsp3) is 1.00. The molecule has 0 aromatic carbocycles. The van der Waals surface area contributed by atoms with Gasteiger partial charge in [-0.05, 0) is 37.8 Å². The Labute approximate surface area is 89.3 Å². The van der Waals surface area contributed by atoms with E-state index in [1.165, 1.54) is 25.9 Å². The highest BCUT2D eigenvalue weighted by Crippen LogP contribution is 2.21. The quantitative estimate of drug-likeness (QED) is 0.652. The molecule has 0 fully saturated rings. The first-order valence-electron chi connectivity index (χ1n) is 5.89. The highest BCUT2D eigenvalue weighted by atomic mass is 16.3. The van der Waals surface area contributed by atoms with Crippen molar-refractivity contribution in [3.63, 3.8) is 0 Å². The lowest BCUT2D eigenvalue weighted by molar-refractivity contribution is 0.140. The second-order valence-corrected chi connectivity index (χ2v) is 4.91.